The highest BCUT2D eigenvalue weighted by molar-refractivity contribution is 5.40. The minimum Gasteiger partial charge on any atom is -0.497 e. The molecule has 1 aromatic heterocycles. The van der Waals surface area contributed by atoms with Gasteiger partial charge in [0.25, 0.3) is 0 Å². The number of benzene rings is 1. The van der Waals surface area contributed by atoms with E-state index in [4.69, 9.17) is 14.1 Å². The molecule has 1 saturated heterocycles. The summed E-state index contributed by atoms with van der Waals surface area (Å²) in [5, 5.41) is 18.3. The minimum atomic E-state index is -0.547. The quantitative estimate of drug-likeness (QED) is 0.606. The van der Waals surface area contributed by atoms with E-state index < -0.39 is 6.10 Å². The molecule has 166 valence electrons. The lowest BCUT2D eigenvalue weighted by molar-refractivity contribution is 0.0500. The third kappa shape index (κ3) is 6.40. The number of β-amino-alcohol motifs (C(OH)–C–C–N with tert-alkyl or cyclic N) is 1. The third-order valence-corrected chi connectivity index (χ3v) is 5.38. The number of aryl methyl sites for hydroxylation is 1. The normalized spacial score (nSPS) is 16.7. The van der Waals surface area contributed by atoms with E-state index in [1.54, 1.807) is 7.11 Å². The molecular weight excluding hydrogens is 386 g/mol. The molecule has 1 aliphatic heterocycles. The summed E-state index contributed by atoms with van der Waals surface area (Å²) in [6, 6.07) is 5.78. The highest BCUT2D eigenvalue weighted by atomic mass is 16.6. The van der Waals surface area contributed by atoms with Crippen LogP contribution in [0.4, 0.5) is 0 Å². The van der Waals surface area contributed by atoms with Crippen molar-refractivity contribution in [2.45, 2.75) is 26.1 Å². The maximum absolute atomic E-state index is 10.5. The maximum atomic E-state index is 10.5. The summed E-state index contributed by atoms with van der Waals surface area (Å²) in [7, 11) is 5.76. The van der Waals surface area contributed by atoms with Gasteiger partial charge in [0.2, 0.25) is 0 Å². The van der Waals surface area contributed by atoms with Crippen molar-refractivity contribution in [3.63, 3.8) is 0 Å². The maximum Gasteiger partial charge on any atom is 0.127 e. The van der Waals surface area contributed by atoms with Gasteiger partial charge in [0.05, 0.1) is 7.11 Å². The van der Waals surface area contributed by atoms with Crippen LogP contribution in [0.15, 0.2) is 22.8 Å². The van der Waals surface area contributed by atoms with Gasteiger partial charge >= 0.3 is 0 Å². The lowest BCUT2D eigenvalue weighted by atomic mass is 10.1. The van der Waals surface area contributed by atoms with Crippen molar-refractivity contribution in [3.05, 3.63) is 35.2 Å². The zero-order valence-corrected chi connectivity index (χ0v) is 18.4. The Hall–Kier alpha value is -2.20. The van der Waals surface area contributed by atoms with Crippen LogP contribution in [0, 0.1) is 6.92 Å². The molecule has 2 heterocycles. The molecule has 1 aromatic carbocycles. The highest BCUT2D eigenvalue weighted by Crippen LogP contribution is 2.26. The van der Waals surface area contributed by atoms with Gasteiger partial charge in [-0.25, -0.2) is 4.63 Å². The number of piperazine rings is 1. The predicted molar refractivity (Wildman–Crippen MR) is 113 cm³/mol. The van der Waals surface area contributed by atoms with E-state index in [2.05, 4.69) is 32.1 Å². The monoisotopic (exact) mass is 419 g/mol. The molecule has 1 unspecified atom stereocenters. The zero-order valence-electron chi connectivity index (χ0n) is 18.4. The molecule has 0 saturated carbocycles. The van der Waals surface area contributed by atoms with Gasteiger partial charge in [-0.2, -0.15) is 0 Å². The second-order valence-corrected chi connectivity index (χ2v) is 8.01. The molecule has 0 bridgehead atoms. The van der Waals surface area contributed by atoms with Crippen LogP contribution < -0.4 is 9.47 Å². The second kappa shape index (κ2) is 10.7. The summed E-state index contributed by atoms with van der Waals surface area (Å²) in [6.07, 6.45) is -0.547. The van der Waals surface area contributed by atoms with E-state index in [1.807, 2.05) is 32.2 Å². The molecule has 9 nitrogen and oxygen atoms in total. The number of ether oxygens (including phenoxy) is 2. The average molecular weight is 420 g/mol. The smallest absolute Gasteiger partial charge is 0.127 e. The number of aliphatic hydroxyl groups is 1. The molecule has 30 heavy (non-hydrogen) atoms. The lowest BCUT2D eigenvalue weighted by Crippen LogP contribution is -2.47. The Labute approximate surface area is 178 Å². The molecule has 1 N–H and O–H groups in total. The summed E-state index contributed by atoms with van der Waals surface area (Å²) < 4.78 is 16.2. The van der Waals surface area contributed by atoms with Crippen LogP contribution >= 0.6 is 0 Å². The zero-order chi connectivity index (χ0) is 21.5. The predicted octanol–water partition coefficient (Wildman–Crippen LogP) is 1.01. The van der Waals surface area contributed by atoms with Crippen molar-refractivity contribution in [2.75, 3.05) is 60.5 Å². The van der Waals surface area contributed by atoms with Crippen LogP contribution in [-0.2, 0) is 13.1 Å². The van der Waals surface area contributed by atoms with Crippen LogP contribution in [0.25, 0.3) is 0 Å². The van der Waals surface area contributed by atoms with Crippen molar-refractivity contribution in [2.24, 2.45) is 0 Å². The van der Waals surface area contributed by atoms with Gasteiger partial charge in [0.1, 0.15) is 35.6 Å². The first-order valence-electron chi connectivity index (χ1n) is 10.3. The number of nitrogens with zero attached hydrogens (tertiary/aromatic N) is 5. The van der Waals surface area contributed by atoms with Crippen LogP contribution in [0.3, 0.4) is 0 Å². The largest absolute Gasteiger partial charge is 0.497 e. The Morgan fingerprint density at radius 1 is 1.20 bits per heavy atom. The van der Waals surface area contributed by atoms with Crippen molar-refractivity contribution in [1.29, 1.82) is 0 Å². The number of hydrogen-bond donors (Lipinski definition) is 1. The second-order valence-electron chi connectivity index (χ2n) is 8.01. The lowest BCUT2D eigenvalue weighted by Gasteiger charge is -2.33. The summed E-state index contributed by atoms with van der Waals surface area (Å²) in [5.74, 6) is 1.44. The Balaban J connectivity index is 1.58. The van der Waals surface area contributed by atoms with E-state index in [9.17, 15) is 5.11 Å². The Kier molecular flexibility index (Phi) is 8.03. The first-order chi connectivity index (χ1) is 14.4. The molecule has 0 amide bonds. The Morgan fingerprint density at radius 3 is 2.63 bits per heavy atom. The van der Waals surface area contributed by atoms with Crippen molar-refractivity contribution in [1.82, 2.24) is 25.0 Å². The van der Waals surface area contributed by atoms with Crippen LogP contribution in [-0.4, -0.2) is 96.8 Å². The van der Waals surface area contributed by atoms with Gasteiger partial charge in [-0.05, 0) is 27.1 Å². The first kappa shape index (κ1) is 22.5. The van der Waals surface area contributed by atoms with Crippen LogP contribution in [0.5, 0.6) is 11.5 Å². The fourth-order valence-corrected chi connectivity index (χ4v) is 3.49. The summed E-state index contributed by atoms with van der Waals surface area (Å²) in [6.45, 7) is 8.00. The van der Waals surface area contributed by atoms with E-state index in [1.165, 1.54) is 0 Å². The Bertz CT molecular complexity index is 791. The molecule has 1 atom stereocenters. The molecule has 0 spiro atoms. The van der Waals surface area contributed by atoms with Gasteiger partial charge in [0.15, 0.2) is 0 Å². The number of likely N-dealkylation sites (N-methyl/N-ethyl adjacent to an activating group) is 1. The van der Waals surface area contributed by atoms with Crippen molar-refractivity contribution < 1.29 is 19.2 Å². The van der Waals surface area contributed by atoms with E-state index in [0.717, 1.165) is 48.9 Å². The SMILES string of the molecule is COc1ccc(CN(C)Cc2nonc2C)c(OCC(O)CN2CCN(C)CC2)c1. The van der Waals surface area contributed by atoms with E-state index in [-0.39, 0.29) is 6.61 Å². The number of rotatable bonds is 10. The minimum absolute atomic E-state index is 0.239. The summed E-state index contributed by atoms with van der Waals surface area (Å²) in [5.41, 5.74) is 2.62. The molecule has 2 aromatic rings. The number of hydrogen-bond acceptors (Lipinski definition) is 9. The molecule has 0 radical (unpaired) electrons. The van der Waals surface area contributed by atoms with E-state index in [0.29, 0.717) is 25.4 Å². The molecule has 9 heteroatoms. The standard InChI is InChI=1S/C21H33N5O4/c1-16-20(23-30-22-16)14-25(3)12-17-5-6-19(28-4)11-21(17)29-15-18(27)13-26-9-7-24(2)8-10-26/h5-6,11,18,27H,7-10,12-15H2,1-4H3. The van der Waals surface area contributed by atoms with Gasteiger partial charge < -0.3 is 19.5 Å². The molecule has 1 fully saturated rings. The topological polar surface area (TPSA) is 87.3 Å². The summed E-state index contributed by atoms with van der Waals surface area (Å²) in [4.78, 5) is 6.69. The van der Waals surface area contributed by atoms with Crippen molar-refractivity contribution in [3.8, 4) is 11.5 Å². The Morgan fingerprint density at radius 2 is 1.97 bits per heavy atom. The number of aliphatic hydroxyl groups excluding tert-OH is 1. The van der Waals surface area contributed by atoms with Crippen LogP contribution in [0.1, 0.15) is 17.0 Å². The average Bonchev–Trinajstić information content (AvgIpc) is 3.13. The van der Waals surface area contributed by atoms with Gasteiger partial charge in [-0.1, -0.05) is 16.4 Å². The summed E-state index contributed by atoms with van der Waals surface area (Å²) >= 11 is 0. The highest BCUT2D eigenvalue weighted by Gasteiger charge is 2.18. The first-order valence-corrected chi connectivity index (χ1v) is 10.3. The number of aromatic nitrogens is 2. The molecule has 3 rings (SSSR count). The van der Waals surface area contributed by atoms with Gasteiger partial charge in [-0.3, -0.25) is 9.80 Å². The van der Waals surface area contributed by atoms with E-state index >= 15 is 0 Å². The van der Waals surface area contributed by atoms with Gasteiger partial charge in [0, 0.05) is 57.4 Å². The molecule has 0 aliphatic carbocycles. The van der Waals surface area contributed by atoms with Crippen molar-refractivity contribution >= 4 is 0 Å². The third-order valence-electron chi connectivity index (χ3n) is 5.38. The fraction of sp³-hybridized carbons (Fsp3) is 0.619. The fourth-order valence-electron chi connectivity index (χ4n) is 3.49. The van der Waals surface area contributed by atoms with Gasteiger partial charge in [-0.15, -0.1) is 0 Å². The molecular formula is C21H33N5O4. The number of methoxy groups -OCH3 is 1. The molecule has 1 aliphatic rings. The van der Waals surface area contributed by atoms with Crippen LogP contribution in [0.2, 0.25) is 0 Å².